The Kier molecular flexibility index (Phi) is 2.54. The molecule has 1 N–H and O–H groups in total. The number of hydrogen-bond acceptors (Lipinski definition) is 3. The number of hydrogen-bond donors (Lipinski definition) is 1. The Balaban J connectivity index is 2.17. The number of carbonyl (C=O) groups excluding carboxylic acids is 1. The fourth-order valence-electron chi connectivity index (χ4n) is 2.01. The standard InChI is InChI=1S/C12H13NO2/c1-15-11(14)7-9-6-8-4-2-3-5-10(8)12(9)13/h2-5,9,13H,6-7H2,1H3. The van der Waals surface area contributed by atoms with Gasteiger partial charge in [-0.3, -0.25) is 4.79 Å². The molecular formula is C12H13NO2. The molecule has 0 amide bonds. The lowest BCUT2D eigenvalue weighted by molar-refractivity contribution is -0.141. The summed E-state index contributed by atoms with van der Waals surface area (Å²) in [6.45, 7) is 0. The molecule has 3 heteroatoms. The molecular weight excluding hydrogens is 190 g/mol. The second-order valence-corrected chi connectivity index (χ2v) is 3.75. The van der Waals surface area contributed by atoms with Crippen molar-refractivity contribution in [2.24, 2.45) is 5.92 Å². The van der Waals surface area contributed by atoms with Crippen LogP contribution in [-0.4, -0.2) is 18.8 Å². The van der Waals surface area contributed by atoms with Gasteiger partial charge in [-0.05, 0) is 17.5 Å². The number of esters is 1. The molecule has 0 fully saturated rings. The van der Waals surface area contributed by atoms with Crippen LogP contribution in [0.25, 0.3) is 0 Å². The molecule has 0 heterocycles. The quantitative estimate of drug-likeness (QED) is 0.745. The SMILES string of the molecule is COC(=O)CC1Cc2ccccc2C1=N. The van der Waals surface area contributed by atoms with Gasteiger partial charge in [0.2, 0.25) is 0 Å². The van der Waals surface area contributed by atoms with E-state index in [2.05, 4.69) is 4.74 Å². The van der Waals surface area contributed by atoms with Crippen molar-refractivity contribution in [1.29, 1.82) is 5.41 Å². The van der Waals surface area contributed by atoms with Crippen LogP contribution in [0.3, 0.4) is 0 Å². The van der Waals surface area contributed by atoms with Gasteiger partial charge in [0, 0.05) is 11.6 Å². The van der Waals surface area contributed by atoms with Gasteiger partial charge in [0.05, 0.1) is 13.5 Å². The molecule has 15 heavy (non-hydrogen) atoms. The van der Waals surface area contributed by atoms with Gasteiger partial charge in [0.15, 0.2) is 0 Å². The van der Waals surface area contributed by atoms with Crippen LogP contribution >= 0.6 is 0 Å². The van der Waals surface area contributed by atoms with Gasteiger partial charge >= 0.3 is 5.97 Å². The van der Waals surface area contributed by atoms with Crippen LogP contribution in [0.5, 0.6) is 0 Å². The number of ether oxygens (including phenoxy) is 1. The first-order valence-corrected chi connectivity index (χ1v) is 4.96. The lowest BCUT2D eigenvalue weighted by atomic mass is 10.0. The second kappa shape index (κ2) is 3.85. The van der Waals surface area contributed by atoms with Crippen LogP contribution in [0.4, 0.5) is 0 Å². The summed E-state index contributed by atoms with van der Waals surface area (Å²) < 4.78 is 4.62. The first-order chi connectivity index (χ1) is 7.22. The minimum atomic E-state index is -0.238. The van der Waals surface area contributed by atoms with E-state index in [0.717, 1.165) is 17.5 Å². The minimum Gasteiger partial charge on any atom is -0.469 e. The van der Waals surface area contributed by atoms with Crippen molar-refractivity contribution in [3.05, 3.63) is 35.4 Å². The van der Waals surface area contributed by atoms with Crippen LogP contribution in [0.1, 0.15) is 17.5 Å². The zero-order chi connectivity index (χ0) is 10.8. The normalized spacial score (nSPS) is 18.7. The van der Waals surface area contributed by atoms with E-state index in [-0.39, 0.29) is 11.9 Å². The first kappa shape index (κ1) is 9.90. The van der Waals surface area contributed by atoms with E-state index in [4.69, 9.17) is 5.41 Å². The summed E-state index contributed by atoms with van der Waals surface area (Å²) in [5, 5.41) is 7.95. The van der Waals surface area contributed by atoms with Gasteiger partial charge in [-0.2, -0.15) is 0 Å². The smallest absolute Gasteiger partial charge is 0.306 e. The van der Waals surface area contributed by atoms with Crippen molar-refractivity contribution >= 4 is 11.7 Å². The summed E-state index contributed by atoms with van der Waals surface area (Å²) in [5.74, 6) is -0.243. The molecule has 1 unspecified atom stereocenters. The van der Waals surface area contributed by atoms with Crippen molar-refractivity contribution in [3.8, 4) is 0 Å². The number of benzene rings is 1. The molecule has 0 saturated carbocycles. The molecule has 2 rings (SSSR count). The maximum Gasteiger partial charge on any atom is 0.306 e. The first-order valence-electron chi connectivity index (χ1n) is 4.96. The van der Waals surface area contributed by atoms with E-state index in [0.29, 0.717) is 12.1 Å². The van der Waals surface area contributed by atoms with Crippen molar-refractivity contribution in [2.45, 2.75) is 12.8 Å². The van der Waals surface area contributed by atoms with Crippen LogP contribution in [-0.2, 0) is 16.0 Å². The third-order valence-electron chi connectivity index (χ3n) is 2.82. The molecule has 0 bridgehead atoms. The summed E-state index contributed by atoms with van der Waals surface area (Å²) in [5.41, 5.74) is 2.71. The van der Waals surface area contributed by atoms with Crippen molar-refractivity contribution in [1.82, 2.24) is 0 Å². The van der Waals surface area contributed by atoms with E-state index in [1.54, 1.807) is 0 Å². The second-order valence-electron chi connectivity index (χ2n) is 3.75. The molecule has 1 aliphatic rings. The third-order valence-corrected chi connectivity index (χ3v) is 2.82. The molecule has 0 radical (unpaired) electrons. The molecule has 0 saturated heterocycles. The number of carbonyl (C=O) groups is 1. The Hall–Kier alpha value is -1.64. The average molecular weight is 203 g/mol. The summed E-state index contributed by atoms with van der Waals surface area (Å²) in [6.07, 6.45) is 1.09. The Bertz CT molecular complexity index is 412. The molecule has 0 spiro atoms. The van der Waals surface area contributed by atoms with Gasteiger partial charge in [-0.1, -0.05) is 24.3 Å². The number of rotatable bonds is 2. The van der Waals surface area contributed by atoms with Gasteiger partial charge in [0.25, 0.3) is 0 Å². The maximum absolute atomic E-state index is 11.1. The predicted molar refractivity (Wildman–Crippen MR) is 57.1 cm³/mol. The highest BCUT2D eigenvalue weighted by molar-refractivity contribution is 6.05. The summed E-state index contributed by atoms with van der Waals surface area (Å²) >= 11 is 0. The highest BCUT2D eigenvalue weighted by Crippen LogP contribution is 2.28. The summed E-state index contributed by atoms with van der Waals surface area (Å²) in [6, 6.07) is 7.84. The third kappa shape index (κ3) is 1.77. The van der Waals surface area contributed by atoms with E-state index >= 15 is 0 Å². The van der Waals surface area contributed by atoms with Gasteiger partial charge < -0.3 is 10.1 Å². The Morgan fingerprint density at radius 1 is 1.53 bits per heavy atom. The van der Waals surface area contributed by atoms with E-state index < -0.39 is 0 Å². The Morgan fingerprint density at radius 3 is 2.93 bits per heavy atom. The van der Waals surface area contributed by atoms with E-state index in [1.807, 2.05) is 24.3 Å². The average Bonchev–Trinajstić information content (AvgIpc) is 2.57. The summed E-state index contributed by atoms with van der Waals surface area (Å²) in [4.78, 5) is 11.1. The van der Waals surface area contributed by atoms with Gasteiger partial charge in [-0.25, -0.2) is 0 Å². The minimum absolute atomic E-state index is 0.00477. The van der Waals surface area contributed by atoms with Crippen LogP contribution in [0.15, 0.2) is 24.3 Å². The molecule has 78 valence electrons. The number of nitrogens with one attached hydrogen (secondary N) is 1. The van der Waals surface area contributed by atoms with Crippen LogP contribution in [0.2, 0.25) is 0 Å². The van der Waals surface area contributed by atoms with Gasteiger partial charge in [-0.15, -0.1) is 0 Å². The molecule has 0 aliphatic heterocycles. The molecule has 3 nitrogen and oxygen atoms in total. The highest BCUT2D eigenvalue weighted by atomic mass is 16.5. The predicted octanol–water partition coefficient (Wildman–Crippen LogP) is 1.79. The van der Waals surface area contributed by atoms with Gasteiger partial charge in [0.1, 0.15) is 0 Å². The van der Waals surface area contributed by atoms with E-state index in [1.165, 1.54) is 7.11 Å². The zero-order valence-corrected chi connectivity index (χ0v) is 8.62. The Morgan fingerprint density at radius 2 is 2.27 bits per heavy atom. The van der Waals surface area contributed by atoms with Crippen molar-refractivity contribution < 1.29 is 9.53 Å². The molecule has 1 aliphatic carbocycles. The lowest BCUT2D eigenvalue weighted by Gasteiger charge is -2.07. The van der Waals surface area contributed by atoms with Crippen LogP contribution in [0, 0.1) is 11.3 Å². The zero-order valence-electron chi connectivity index (χ0n) is 8.62. The highest BCUT2D eigenvalue weighted by Gasteiger charge is 2.28. The fourth-order valence-corrected chi connectivity index (χ4v) is 2.01. The fraction of sp³-hybridized carbons (Fsp3) is 0.333. The topological polar surface area (TPSA) is 50.2 Å². The van der Waals surface area contributed by atoms with Crippen LogP contribution < -0.4 is 0 Å². The largest absolute Gasteiger partial charge is 0.469 e. The van der Waals surface area contributed by atoms with Crippen molar-refractivity contribution in [2.75, 3.05) is 7.11 Å². The maximum atomic E-state index is 11.1. The molecule has 1 aromatic rings. The Labute approximate surface area is 88.6 Å². The lowest BCUT2D eigenvalue weighted by Crippen LogP contribution is -2.15. The molecule has 1 atom stereocenters. The van der Waals surface area contributed by atoms with Crippen molar-refractivity contribution in [3.63, 3.8) is 0 Å². The molecule has 1 aromatic carbocycles. The monoisotopic (exact) mass is 203 g/mol. The number of methoxy groups -OCH3 is 1. The number of fused-ring (bicyclic) bond motifs is 1. The van der Waals surface area contributed by atoms with E-state index in [9.17, 15) is 4.79 Å². The summed E-state index contributed by atoms with van der Waals surface area (Å²) in [7, 11) is 1.38. The molecule has 0 aromatic heterocycles.